The zero-order valence-electron chi connectivity index (χ0n) is 14.4. The number of pyridine rings is 1. The van der Waals surface area contributed by atoms with E-state index in [1.54, 1.807) is 6.07 Å². The Morgan fingerprint density at radius 2 is 2.07 bits per heavy atom. The summed E-state index contributed by atoms with van der Waals surface area (Å²) in [6, 6.07) is 10.6. The van der Waals surface area contributed by atoms with Crippen LogP contribution in [0.3, 0.4) is 0 Å². The molecule has 0 spiro atoms. The molecule has 1 heterocycles. The van der Waals surface area contributed by atoms with Crippen molar-refractivity contribution in [2.24, 2.45) is 0 Å². The van der Waals surface area contributed by atoms with Gasteiger partial charge in [0.1, 0.15) is 12.0 Å². The Balaban J connectivity index is 1.82. The highest BCUT2D eigenvalue weighted by Crippen LogP contribution is 2.56. The van der Waals surface area contributed by atoms with Crippen molar-refractivity contribution in [3.63, 3.8) is 0 Å². The Morgan fingerprint density at radius 1 is 1.33 bits per heavy atom. The molecule has 1 aliphatic carbocycles. The van der Waals surface area contributed by atoms with Crippen LogP contribution in [0.25, 0.3) is 10.9 Å². The van der Waals surface area contributed by atoms with E-state index in [9.17, 15) is 14.5 Å². The molecule has 1 aromatic heterocycles. The number of hydrogen-bond donors (Lipinski definition) is 0. The molecule has 0 amide bonds. The van der Waals surface area contributed by atoms with Gasteiger partial charge in [-0.1, -0.05) is 30.7 Å². The van der Waals surface area contributed by atoms with Crippen LogP contribution in [0.5, 0.6) is 0 Å². The van der Waals surface area contributed by atoms with Gasteiger partial charge < -0.3 is 0 Å². The normalized spacial score (nSPS) is 21.9. The number of aromatic nitrogens is 1. The van der Waals surface area contributed by atoms with E-state index < -0.39 is 16.2 Å². The molecule has 0 saturated heterocycles. The Kier molecular flexibility index (Phi) is 4.43. The number of nitro groups is 1. The number of fused-ring (bicyclic) bond motifs is 1. The van der Waals surface area contributed by atoms with Crippen molar-refractivity contribution in [1.29, 1.82) is 0 Å². The summed E-state index contributed by atoms with van der Waals surface area (Å²) in [5.74, 6) is -0.161. The molecular weight excluding hydrogens is 435 g/mol. The molecule has 138 valence electrons. The molecule has 0 N–H and O–H groups in total. The fourth-order valence-corrected chi connectivity index (χ4v) is 4.72. The quantitative estimate of drug-likeness (QED) is 0.337. The lowest BCUT2D eigenvalue weighted by Gasteiger charge is -2.46. The average molecular weight is 450 g/mol. The maximum Gasteiger partial charge on any atom is 0.291 e. The van der Waals surface area contributed by atoms with E-state index in [0.717, 1.165) is 18.4 Å². The molecule has 4 rings (SSSR count). The smallest absolute Gasteiger partial charge is 0.258 e. The van der Waals surface area contributed by atoms with Crippen LogP contribution in [0.4, 0.5) is 10.1 Å². The highest BCUT2D eigenvalue weighted by atomic mass is 79.9. The molecule has 0 aliphatic heterocycles. The van der Waals surface area contributed by atoms with Gasteiger partial charge >= 0.3 is 0 Å². The first kappa shape index (κ1) is 18.3. The fraction of sp³-hybridized carbons (Fsp3) is 0.250. The molecule has 7 heteroatoms. The highest BCUT2D eigenvalue weighted by molar-refractivity contribution is 9.10. The molecule has 1 aliphatic rings. The van der Waals surface area contributed by atoms with Crippen molar-refractivity contribution in [3.05, 3.63) is 79.1 Å². The van der Waals surface area contributed by atoms with Gasteiger partial charge in [0.2, 0.25) is 0 Å². The van der Waals surface area contributed by atoms with Crippen molar-refractivity contribution < 1.29 is 9.31 Å². The average Bonchev–Trinajstić information content (AvgIpc) is 2.59. The van der Waals surface area contributed by atoms with Crippen LogP contribution >= 0.6 is 27.5 Å². The predicted molar refractivity (Wildman–Crippen MR) is 107 cm³/mol. The molecular formula is C20H15BrClFN2O2. The van der Waals surface area contributed by atoms with E-state index in [1.165, 1.54) is 12.3 Å². The minimum Gasteiger partial charge on any atom is -0.258 e. The van der Waals surface area contributed by atoms with Crippen LogP contribution in [0.2, 0.25) is 5.02 Å². The monoisotopic (exact) mass is 448 g/mol. The van der Waals surface area contributed by atoms with Gasteiger partial charge in [-0.2, -0.15) is 0 Å². The first-order chi connectivity index (χ1) is 12.8. The van der Waals surface area contributed by atoms with Gasteiger partial charge in [-0.05, 0) is 58.5 Å². The molecule has 27 heavy (non-hydrogen) atoms. The zero-order chi connectivity index (χ0) is 19.3. The van der Waals surface area contributed by atoms with Gasteiger partial charge in [0, 0.05) is 27.5 Å². The summed E-state index contributed by atoms with van der Waals surface area (Å²) in [5, 5.41) is 13.0. The van der Waals surface area contributed by atoms with Gasteiger partial charge in [0.05, 0.1) is 14.9 Å². The molecule has 4 nitrogen and oxygen atoms in total. The zero-order valence-corrected chi connectivity index (χ0v) is 16.7. The maximum absolute atomic E-state index is 13.9. The summed E-state index contributed by atoms with van der Waals surface area (Å²) in [4.78, 5) is 15.4. The van der Waals surface area contributed by atoms with Gasteiger partial charge in [0.15, 0.2) is 0 Å². The minimum atomic E-state index is -0.439. The molecule has 0 unspecified atom stereocenters. The van der Waals surface area contributed by atoms with Crippen LogP contribution < -0.4 is 0 Å². The lowest BCUT2D eigenvalue weighted by Crippen LogP contribution is -2.38. The largest absolute Gasteiger partial charge is 0.291 e. The van der Waals surface area contributed by atoms with Crippen LogP contribution in [0.1, 0.15) is 36.8 Å². The summed E-state index contributed by atoms with van der Waals surface area (Å²) in [6.45, 7) is 2.02. The van der Waals surface area contributed by atoms with Crippen molar-refractivity contribution >= 4 is 44.1 Å². The second kappa shape index (κ2) is 6.53. The number of benzene rings is 2. The van der Waals surface area contributed by atoms with E-state index in [2.05, 4.69) is 20.9 Å². The molecule has 2 aromatic carbocycles. The Bertz CT molecular complexity index is 1080. The second-order valence-electron chi connectivity index (χ2n) is 7.28. The summed E-state index contributed by atoms with van der Waals surface area (Å²) in [7, 11) is 0. The molecule has 1 saturated carbocycles. The lowest BCUT2D eigenvalue weighted by atomic mass is 9.57. The minimum absolute atomic E-state index is 0.0203. The van der Waals surface area contributed by atoms with E-state index in [1.807, 2.05) is 31.2 Å². The SMILES string of the molecule is CC1(c2c([N+](=O)[O-])cnc3cc(F)c(Br)cc23)CC(c2cccc(Cl)c2)C1. The lowest BCUT2D eigenvalue weighted by molar-refractivity contribution is -0.386. The molecule has 3 aromatic rings. The van der Waals surface area contributed by atoms with Crippen molar-refractivity contribution in [3.8, 4) is 0 Å². The highest BCUT2D eigenvalue weighted by Gasteiger charge is 2.46. The predicted octanol–water partition coefficient (Wildman–Crippen LogP) is 6.53. The van der Waals surface area contributed by atoms with Crippen LogP contribution in [0.15, 0.2) is 47.1 Å². The second-order valence-corrected chi connectivity index (χ2v) is 8.57. The van der Waals surface area contributed by atoms with E-state index in [4.69, 9.17) is 11.6 Å². The van der Waals surface area contributed by atoms with Gasteiger partial charge in [-0.15, -0.1) is 0 Å². The Labute approximate surface area is 168 Å². The fourth-order valence-electron chi connectivity index (χ4n) is 4.18. The molecule has 0 atom stereocenters. The number of nitrogens with zero attached hydrogens (tertiary/aromatic N) is 2. The maximum atomic E-state index is 13.9. The summed E-state index contributed by atoms with van der Waals surface area (Å²) >= 11 is 9.28. The summed E-state index contributed by atoms with van der Waals surface area (Å²) < 4.78 is 14.2. The van der Waals surface area contributed by atoms with Crippen LogP contribution in [-0.2, 0) is 5.41 Å². The third-order valence-corrected chi connectivity index (χ3v) is 6.25. The molecule has 0 bridgehead atoms. The third-order valence-electron chi connectivity index (χ3n) is 5.40. The van der Waals surface area contributed by atoms with Gasteiger partial charge in [-0.25, -0.2) is 9.37 Å². The van der Waals surface area contributed by atoms with Crippen molar-refractivity contribution in [1.82, 2.24) is 4.98 Å². The Morgan fingerprint density at radius 3 is 2.74 bits per heavy atom. The van der Waals surface area contributed by atoms with Gasteiger partial charge in [0.25, 0.3) is 5.69 Å². The van der Waals surface area contributed by atoms with Gasteiger partial charge in [-0.3, -0.25) is 10.1 Å². The van der Waals surface area contributed by atoms with E-state index >= 15 is 0 Å². The topological polar surface area (TPSA) is 56.0 Å². The van der Waals surface area contributed by atoms with Crippen LogP contribution in [-0.4, -0.2) is 9.91 Å². The standard InChI is InChI=1S/C20H15BrClFN2O2/c1-20(8-12(9-20)11-3-2-4-13(22)5-11)19-14-6-15(21)16(23)7-17(14)24-10-18(19)25(26)27/h2-7,10,12H,8-9H2,1H3. The van der Waals surface area contributed by atoms with E-state index in [0.29, 0.717) is 21.5 Å². The molecule has 0 radical (unpaired) electrons. The van der Waals surface area contributed by atoms with Crippen LogP contribution in [0, 0.1) is 15.9 Å². The number of rotatable bonds is 3. The number of hydrogen-bond acceptors (Lipinski definition) is 3. The third kappa shape index (κ3) is 3.11. The van der Waals surface area contributed by atoms with E-state index in [-0.39, 0.29) is 16.1 Å². The van der Waals surface area contributed by atoms with Crippen molar-refractivity contribution in [2.45, 2.75) is 31.1 Å². The number of halogens is 3. The first-order valence-corrected chi connectivity index (χ1v) is 9.64. The first-order valence-electron chi connectivity index (χ1n) is 8.46. The molecule has 1 fully saturated rings. The summed E-state index contributed by atoms with van der Waals surface area (Å²) in [6.07, 6.45) is 2.74. The Hall–Kier alpha value is -2.05. The van der Waals surface area contributed by atoms with Crippen molar-refractivity contribution in [2.75, 3.05) is 0 Å². The summed E-state index contributed by atoms with van der Waals surface area (Å²) in [5.41, 5.74) is 1.76.